The zero-order valence-electron chi connectivity index (χ0n) is 17.8. The highest BCUT2D eigenvalue weighted by atomic mass is 79.9. The number of benzene rings is 4. The normalized spacial score (nSPS) is 10.9. The summed E-state index contributed by atoms with van der Waals surface area (Å²) in [6.07, 6.45) is 0. The van der Waals surface area contributed by atoms with Crippen LogP contribution in [0.5, 0.6) is 5.75 Å². The summed E-state index contributed by atoms with van der Waals surface area (Å²) in [6.45, 7) is 0.430. The van der Waals surface area contributed by atoms with Crippen molar-refractivity contribution in [3.8, 4) is 17.2 Å². The lowest BCUT2D eigenvalue weighted by Crippen LogP contribution is -2.12. The molecule has 5 rings (SSSR count). The number of oxazole rings is 1. The van der Waals surface area contributed by atoms with Crippen LogP contribution in [0.4, 0.5) is 5.69 Å². The summed E-state index contributed by atoms with van der Waals surface area (Å²) in [7, 11) is 0. The smallest absolute Gasteiger partial charge is 0.255 e. The van der Waals surface area contributed by atoms with Gasteiger partial charge in [0.05, 0.1) is 10.6 Å². The first-order valence-corrected chi connectivity index (χ1v) is 11.7. The minimum absolute atomic E-state index is 0.247. The van der Waals surface area contributed by atoms with E-state index in [2.05, 4.69) is 26.2 Å². The van der Waals surface area contributed by atoms with Crippen molar-refractivity contribution in [1.82, 2.24) is 4.98 Å². The van der Waals surface area contributed by atoms with Gasteiger partial charge in [-0.25, -0.2) is 4.98 Å². The topological polar surface area (TPSA) is 64.4 Å². The third-order valence-corrected chi connectivity index (χ3v) is 5.97. The number of amides is 1. The number of fused-ring (bicyclic) bond motifs is 1. The maximum atomic E-state index is 12.9. The minimum atomic E-state index is -0.247. The van der Waals surface area contributed by atoms with Crippen LogP contribution < -0.4 is 10.1 Å². The van der Waals surface area contributed by atoms with Gasteiger partial charge in [-0.2, -0.15) is 0 Å². The number of nitrogens with one attached hydrogen (secondary N) is 1. The third-order valence-electron chi connectivity index (χ3n) is 5.15. The summed E-state index contributed by atoms with van der Waals surface area (Å²) >= 11 is 9.75. The van der Waals surface area contributed by atoms with Gasteiger partial charge in [0.2, 0.25) is 5.89 Å². The van der Waals surface area contributed by atoms with E-state index in [1.54, 1.807) is 42.5 Å². The number of anilines is 1. The average molecular weight is 534 g/mol. The first-order valence-electron chi connectivity index (χ1n) is 10.5. The van der Waals surface area contributed by atoms with Crippen LogP contribution in [0, 0.1) is 0 Å². The van der Waals surface area contributed by atoms with Crippen molar-refractivity contribution in [3.63, 3.8) is 0 Å². The van der Waals surface area contributed by atoms with E-state index in [-0.39, 0.29) is 5.91 Å². The molecule has 0 aliphatic rings. The van der Waals surface area contributed by atoms with Gasteiger partial charge in [-0.05, 0) is 60.2 Å². The third kappa shape index (κ3) is 4.98. The van der Waals surface area contributed by atoms with Gasteiger partial charge in [0.25, 0.3) is 5.91 Å². The molecule has 4 aromatic carbocycles. The fraction of sp³-hybridized carbons (Fsp3) is 0.0370. The predicted molar refractivity (Wildman–Crippen MR) is 137 cm³/mol. The number of hydrogen-bond donors (Lipinski definition) is 1. The van der Waals surface area contributed by atoms with Crippen LogP contribution in [0.25, 0.3) is 22.6 Å². The van der Waals surface area contributed by atoms with Crippen molar-refractivity contribution in [1.29, 1.82) is 0 Å². The van der Waals surface area contributed by atoms with Gasteiger partial charge in [0, 0.05) is 15.7 Å². The molecule has 5 aromatic rings. The second kappa shape index (κ2) is 9.71. The molecule has 1 amide bonds. The maximum Gasteiger partial charge on any atom is 0.255 e. The van der Waals surface area contributed by atoms with Crippen molar-refractivity contribution < 1.29 is 13.9 Å². The first-order chi connectivity index (χ1) is 16.5. The largest absolute Gasteiger partial charge is 0.489 e. The van der Waals surface area contributed by atoms with E-state index in [0.29, 0.717) is 51.2 Å². The summed E-state index contributed by atoms with van der Waals surface area (Å²) in [5.74, 6) is 0.787. The molecule has 0 spiro atoms. The van der Waals surface area contributed by atoms with Crippen LogP contribution in [-0.4, -0.2) is 10.9 Å². The molecule has 0 bridgehead atoms. The lowest BCUT2D eigenvalue weighted by molar-refractivity contribution is 0.102. The van der Waals surface area contributed by atoms with Gasteiger partial charge >= 0.3 is 0 Å². The molecule has 0 unspecified atom stereocenters. The molecule has 5 nitrogen and oxygen atoms in total. The van der Waals surface area contributed by atoms with Crippen molar-refractivity contribution in [2.24, 2.45) is 0 Å². The summed E-state index contributed by atoms with van der Waals surface area (Å²) in [4.78, 5) is 17.4. The highest BCUT2D eigenvalue weighted by Gasteiger charge is 2.14. The fourth-order valence-electron chi connectivity index (χ4n) is 3.45. The Morgan fingerprint density at radius 2 is 1.82 bits per heavy atom. The Morgan fingerprint density at radius 1 is 0.971 bits per heavy atom. The standard InChI is InChI=1S/C27H18BrClN2O3/c28-19-9-11-23(29)22(14-19)27-31-24-15-20(10-12-25(24)34-27)30-26(32)18-7-4-8-21(13-18)33-16-17-5-2-1-3-6-17/h1-15H,16H2,(H,30,32). The van der Waals surface area contributed by atoms with Crippen LogP contribution in [0.15, 0.2) is 99.9 Å². The van der Waals surface area contributed by atoms with Crippen molar-refractivity contribution >= 4 is 50.2 Å². The van der Waals surface area contributed by atoms with Crippen molar-refractivity contribution in [2.45, 2.75) is 6.61 Å². The Morgan fingerprint density at radius 3 is 2.68 bits per heavy atom. The van der Waals surface area contributed by atoms with Gasteiger partial charge in [-0.3, -0.25) is 4.79 Å². The number of rotatable bonds is 6. The molecular weight excluding hydrogens is 516 g/mol. The minimum Gasteiger partial charge on any atom is -0.489 e. The van der Waals surface area contributed by atoms with Gasteiger partial charge < -0.3 is 14.5 Å². The molecule has 0 aliphatic carbocycles. The van der Waals surface area contributed by atoms with Gasteiger partial charge in [0.1, 0.15) is 17.9 Å². The molecule has 0 radical (unpaired) electrons. The van der Waals surface area contributed by atoms with Crippen LogP contribution >= 0.6 is 27.5 Å². The Labute approximate surface area is 209 Å². The Kier molecular flexibility index (Phi) is 6.34. The molecule has 0 aliphatic heterocycles. The molecule has 1 aromatic heterocycles. The quantitative estimate of drug-likeness (QED) is 0.242. The maximum absolute atomic E-state index is 12.9. The summed E-state index contributed by atoms with van der Waals surface area (Å²) in [5.41, 5.74) is 4.05. The van der Waals surface area contributed by atoms with E-state index in [4.69, 9.17) is 20.8 Å². The van der Waals surface area contributed by atoms with E-state index in [9.17, 15) is 4.79 Å². The number of carbonyl (C=O) groups is 1. The second-order valence-electron chi connectivity index (χ2n) is 7.58. The fourth-order valence-corrected chi connectivity index (χ4v) is 4.01. The van der Waals surface area contributed by atoms with E-state index in [0.717, 1.165) is 10.0 Å². The summed E-state index contributed by atoms with van der Waals surface area (Å²) in [5, 5.41) is 3.45. The van der Waals surface area contributed by atoms with Crippen molar-refractivity contribution in [2.75, 3.05) is 5.32 Å². The predicted octanol–water partition coefficient (Wildman–Crippen LogP) is 7.74. The van der Waals surface area contributed by atoms with Gasteiger partial charge in [-0.15, -0.1) is 0 Å². The van der Waals surface area contributed by atoms with Gasteiger partial charge in [0.15, 0.2) is 5.58 Å². The lowest BCUT2D eigenvalue weighted by Gasteiger charge is -2.09. The van der Waals surface area contributed by atoms with E-state index >= 15 is 0 Å². The number of carbonyl (C=O) groups excluding carboxylic acids is 1. The zero-order valence-corrected chi connectivity index (χ0v) is 20.1. The molecule has 0 saturated heterocycles. The molecular formula is C27H18BrClN2O3. The van der Waals surface area contributed by atoms with Crippen LogP contribution in [0.2, 0.25) is 5.02 Å². The van der Waals surface area contributed by atoms with Crippen LogP contribution in [0.3, 0.4) is 0 Å². The number of halogens is 2. The van der Waals surface area contributed by atoms with E-state index in [1.807, 2.05) is 48.5 Å². The molecule has 34 heavy (non-hydrogen) atoms. The molecule has 1 N–H and O–H groups in total. The Hall–Kier alpha value is -3.61. The highest BCUT2D eigenvalue weighted by Crippen LogP contribution is 2.33. The average Bonchev–Trinajstić information content (AvgIpc) is 3.28. The van der Waals surface area contributed by atoms with E-state index < -0.39 is 0 Å². The zero-order chi connectivity index (χ0) is 23.5. The SMILES string of the molecule is O=C(Nc1ccc2oc(-c3cc(Br)ccc3Cl)nc2c1)c1cccc(OCc2ccccc2)c1. The molecule has 0 fully saturated rings. The number of aromatic nitrogens is 1. The molecule has 0 saturated carbocycles. The van der Waals surface area contributed by atoms with Crippen LogP contribution in [0.1, 0.15) is 15.9 Å². The Balaban J connectivity index is 1.32. The number of hydrogen-bond acceptors (Lipinski definition) is 4. The Bertz CT molecular complexity index is 1480. The molecule has 1 heterocycles. The number of ether oxygens (including phenoxy) is 1. The molecule has 0 atom stereocenters. The summed E-state index contributed by atoms with van der Waals surface area (Å²) in [6, 6.07) is 27.7. The van der Waals surface area contributed by atoms with E-state index in [1.165, 1.54) is 0 Å². The molecule has 168 valence electrons. The number of nitrogens with zero attached hydrogens (tertiary/aromatic N) is 1. The van der Waals surface area contributed by atoms with Gasteiger partial charge in [-0.1, -0.05) is 63.9 Å². The lowest BCUT2D eigenvalue weighted by atomic mass is 10.2. The first kappa shape index (κ1) is 22.2. The summed E-state index contributed by atoms with van der Waals surface area (Å²) < 4.78 is 12.6. The van der Waals surface area contributed by atoms with Crippen molar-refractivity contribution in [3.05, 3.63) is 112 Å². The molecule has 7 heteroatoms. The monoisotopic (exact) mass is 532 g/mol. The second-order valence-corrected chi connectivity index (χ2v) is 8.90. The highest BCUT2D eigenvalue weighted by molar-refractivity contribution is 9.10. The van der Waals surface area contributed by atoms with Crippen LogP contribution in [-0.2, 0) is 6.61 Å².